The molecule has 0 fully saturated rings. The van der Waals surface area contributed by atoms with Gasteiger partial charge in [0.2, 0.25) is 5.91 Å². The molecule has 0 aliphatic rings. The lowest BCUT2D eigenvalue weighted by Crippen LogP contribution is -2.22. The number of rotatable bonds is 4. The molecule has 1 heterocycles. The fourth-order valence-corrected chi connectivity index (χ4v) is 2.46. The lowest BCUT2D eigenvalue weighted by atomic mass is 10.2. The maximum atomic E-state index is 13.4. The Bertz CT molecular complexity index is 643. The summed E-state index contributed by atoms with van der Waals surface area (Å²) in [6, 6.07) is 8.50. The van der Waals surface area contributed by atoms with Gasteiger partial charge in [0.25, 0.3) is 0 Å². The standard InChI is InChI=1S/C16H17FN2OS/c1-10-4-7-15(18-9-10)21-12(3)16(20)19-13-6-5-11(2)14(17)8-13/h4-9,12H,1-3H3,(H,19,20). The first-order valence-electron chi connectivity index (χ1n) is 6.62. The fraction of sp³-hybridized carbons (Fsp3) is 0.250. The van der Waals surface area contributed by atoms with Crippen LogP contribution in [-0.2, 0) is 4.79 Å². The lowest BCUT2D eigenvalue weighted by Gasteiger charge is -2.12. The third-order valence-corrected chi connectivity index (χ3v) is 4.04. The Kier molecular flexibility index (Phi) is 4.96. The molecule has 0 bridgehead atoms. The summed E-state index contributed by atoms with van der Waals surface area (Å²) >= 11 is 1.37. The highest BCUT2D eigenvalue weighted by molar-refractivity contribution is 8.00. The Morgan fingerprint density at radius 1 is 1.29 bits per heavy atom. The van der Waals surface area contributed by atoms with Gasteiger partial charge < -0.3 is 5.32 Å². The van der Waals surface area contributed by atoms with Gasteiger partial charge in [-0.25, -0.2) is 9.37 Å². The number of halogens is 1. The van der Waals surface area contributed by atoms with Gasteiger partial charge in [-0.1, -0.05) is 23.9 Å². The summed E-state index contributed by atoms with van der Waals surface area (Å²) in [4.78, 5) is 16.4. The SMILES string of the molecule is Cc1ccc(SC(C)C(=O)Nc2ccc(C)c(F)c2)nc1. The zero-order valence-electron chi connectivity index (χ0n) is 12.2. The Labute approximate surface area is 128 Å². The first-order valence-corrected chi connectivity index (χ1v) is 7.50. The number of carbonyl (C=O) groups is 1. The fourth-order valence-electron chi connectivity index (χ4n) is 1.67. The molecule has 2 aromatic rings. The molecule has 0 spiro atoms. The van der Waals surface area contributed by atoms with Gasteiger partial charge in [-0.15, -0.1) is 0 Å². The molecule has 1 N–H and O–H groups in total. The van der Waals surface area contributed by atoms with E-state index >= 15 is 0 Å². The van der Waals surface area contributed by atoms with Gasteiger partial charge in [0, 0.05) is 11.9 Å². The van der Waals surface area contributed by atoms with E-state index in [0.29, 0.717) is 11.3 Å². The number of pyridine rings is 1. The summed E-state index contributed by atoms with van der Waals surface area (Å²) in [5.41, 5.74) is 2.10. The maximum Gasteiger partial charge on any atom is 0.237 e. The molecule has 1 aromatic carbocycles. The Morgan fingerprint density at radius 3 is 2.67 bits per heavy atom. The van der Waals surface area contributed by atoms with E-state index in [-0.39, 0.29) is 17.0 Å². The van der Waals surface area contributed by atoms with E-state index in [9.17, 15) is 9.18 Å². The van der Waals surface area contributed by atoms with E-state index in [2.05, 4.69) is 10.3 Å². The Balaban J connectivity index is 1.98. The minimum Gasteiger partial charge on any atom is -0.325 e. The first-order chi connectivity index (χ1) is 9.95. The number of amides is 1. The van der Waals surface area contributed by atoms with Gasteiger partial charge in [0.1, 0.15) is 5.82 Å². The van der Waals surface area contributed by atoms with E-state index in [4.69, 9.17) is 0 Å². The molecule has 0 aliphatic heterocycles. The highest BCUT2D eigenvalue weighted by Gasteiger charge is 2.15. The van der Waals surface area contributed by atoms with Crippen LogP contribution in [0.3, 0.4) is 0 Å². The maximum absolute atomic E-state index is 13.4. The smallest absolute Gasteiger partial charge is 0.237 e. The number of nitrogens with zero attached hydrogens (tertiary/aromatic N) is 1. The van der Waals surface area contributed by atoms with Crippen LogP contribution in [0.4, 0.5) is 10.1 Å². The highest BCUT2D eigenvalue weighted by Crippen LogP contribution is 2.22. The van der Waals surface area contributed by atoms with Crippen LogP contribution in [0, 0.1) is 19.7 Å². The van der Waals surface area contributed by atoms with Crippen LogP contribution in [0.2, 0.25) is 0 Å². The molecule has 3 nitrogen and oxygen atoms in total. The van der Waals surface area contributed by atoms with Crippen molar-refractivity contribution < 1.29 is 9.18 Å². The highest BCUT2D eigenvalue weighted by atomic mass is 32.2. The minimum absolute atomic E-state index is 0.175. The summed E-state index contributed by atoms with van der Waals surface area (Å²) in [7, 11) is 0. The number of anilines is 1. The van der Waals surface area contributed by atoms with Crippen LogP contribution in [0.15, 0.2) is 41.6 Å². The molecule has 2 rings (SSSR count). The van der Waals surface area contributed by atoms with Crippen molar-refractivity contribution in [1.29, 1.82) is 0 Å². The molecule has 1 atom stereocenters. The van der Waals surface area contributed by atoms with Crippen molar-refractivity contribution in [3.05, 3.63) is 53.5 Å². The van der Waals surface area contributed by atoms with Gasteiger partial charge >= 0.3 is 0 Å². The van der Waals surface area contributed by atoms with Gasteiger partial charge in [0.05, 0.1) is 10.3 Å². The number of nitrogens with one attached hydrogen (secondary N) is 1. The monoisotopic (exact) mass is 304 g/mol. The van der Waals surface area contributed by atoms with Gasteiger partial charge in [-0.2, -0.15) is 0 Å². The third kappa shape index (κ3) is 4.29. The number of thioether (sulfide) groups is 1. The summed E-state index contributed by atoms with van der Waals surface area (Å²) in [6.07, 6.45) is 1.77. The van der Waals surface area contributed by atoms with Crippen LogP contribution < -0.4 is 5.32 Å². The normalized spacial score (nSPS) is 12.0. The molecule has 1 unspecified atom stereocenters. The van der Waals surface area contributed by atoms with Crippen molar-refractivity contribution in [2.24, 2.45) is 0 Å². The van der Waals surface area contributed by atoms with Crippen molar-refractivity contribution in [2.75, 3.05) is 5.32 Å². The van der Waals surface area contributed by atoms with E-state index in [1.807, 2.05) is 19.1 Å². The van der Waals surface area contributed by atoms with E-state index in [0.717, 1.165) is 10.6 Å². The van der Waals surface area contributed by atoms with Crippen molar-refractivity contribution in [3.8, 4) is 0 Å². The predicted molar refractivity (Wildman–Crippen MR) is 84.1 cm³/mol. The number of hydrogen-bond donors (Lipinski definition) is 1. The Morgan fingerprint density at radius 2 is 2.05 bits per heavy atom. The Hall–Kier alpha value is -1.88. The first kappa shape index (κ1) is 15.5. The van der Waals surface area contributed by atoms with Crippen LogP contribution in [-0.4, -0.2) is 16.1 Å². The second kappa shape index (κ2) is 6.72. The topological polar surface area (TPSA) is 42.0 Å². The van der Waals surface area contributed by atoms with Gasteiger partial charge in [-0.3, -0.25) is 4.79 Å². The van der Waals surface area contributed by atoms with Crippen molar-refractivity contribution in [2.45, 2.75) is 31.0 Å². The molecule has 110 valence electrons. The second-order valence-corrected chi connectivity index (χ2v) is 6.25. The molecular formula is C16H17FN2OS. The predicted octanol–water partition coefficient (Wildman–Crippen LogP) is 3.96. The largest absolute Gasteiger partial charge is 0.325 e. The van der Waals surface area contributed by atoms with Crippen molar-refractivity contribution in [3.63, 3.8) is 0 Å². The molecule has 0 aliphatic carbocycles. The number of hydrogen-bond acceptors (Lipinski definition) is 3. The molecule has 5 heteroatoms. The molecule has 0 radical (unpaired) electrons. The van der Waals surface area contributed by atoms with Gasteiger partial charge in [0.15, 0.2) is 0 Å². The molecule has 21 heavy (non-hydrogen) atoms. The number of carbonyl (C=O) groups excluding carboxylic acids is 1. The number of aryl methyl sites for hydroxylation is 2. The van der Waals surface area contributed by atoms with Crippen LogP contribution in [0.25, 0.3) is 0 Å². The second-order valence-electron chi connectivity index (χ2n) is 4.89. The lowest BCUT2D eigenvalue weighted by molar-refractivity contribution is -0.115. The molecule has 1 amide bonds. The van der Waals surface area contributed by atoms with Crippen molar-refractivity contribution >= 4 is 23.4 Å². The van der Waals surface area contributed by atoms with Crippen LogP contribution >= 0.6 is 11.8 Å². The quantitative estimate of drug-likeness (QED) is 0.869. The van der Waals surface area contributed by atoms with Crippen LogP contribution in [0.1, 0.15) is 18.1 Å². The minimum atomic E-state index is -0.326. The molecular weight excluding hydrogens is 287 g/mol. The van der Waals surface area contributed by atoms with E-state index in [1.165, 1.54) is 17.8 Å². The van der Waals surface area contributed by atoms with Crippen LogP contribution in [0.5, 0.6) is 0 Å². The zero-order chi connectivity index (χ0) is 15.4. The van der Waals surface area contributed by atoms with E-state index < -0.39 is 0 Å². The molecule has 0 saturated heterocycles. The average Bonchev–Trinajstić information content (AvgIpc) is 2.45. The molecule has 1 aromatic heterocycles. The number of benzene rings is 1. The summed E-state index contributed by atoms with van der Waals surface area (Å²) in [5, 5.41) is 3.19. The van der Waals surface area contributed by atoms with E-state index in [1.54, 1.807) is 32.2 Å². The third-order valence-electron chi connectivity index (χ3n) is 2.99. The number of aromatic nitrogens is 1. The average molecular weight is 304 g/mol. The zero-order valence-corrected chi connectivity index (χ0v) is 13.0. The molecule has 0 saturated carbocycles. The summed E-state index contributed by atoms with van der Waals surface area (Å²) in [5.74, 6) is -0.501. The van der Waals surface area contributed by atoms with Crippen molar-refractivity contribution in [1.82, 2.24) is 4.98 Å². The van der Waals surface area contributed by atoms with Gasteiger partial charge in [-0.05, 0) is 50.1 Å². The summed E-state index contributed by atoms with van der Waals surface area (Å²) < 4.78 is 13.4. The summed E-state index contributed by atoms with van der Waals surface area (Å²) in [6.45, 7) is 5.44.